The normalized spacial score (nSPS) is 12.2. The lowest BCUT2D eigenvalue weighted by molar-refractivity contribution is -0.150. The maximum Gasteiger partial charge on any atom is 0.328 e. The molecule has 1 rings (SSSR count). The van der Waals surface area contributed by atoms with Crippen molar-refractivity contribution in [1.82, 2.24) is 10.0 Å². The van der Waals surface area contributed by atoms with Crippen molar-refractivity contribution in [1.29, 1.82) is 0 Å². The van der Waals surface area contributed by atoms with E-state index in [0.717, 1.165) is 19.8 Å². The lowest BCUT2D eigenvalue weighted by atomic mass is 10.2. The van der Waals surface area contributed by atoms with E-state index in [9.17, 15) is 22.8 Å². The van der Waals surface area contributed by atoms with Gasteiger partial charge in [-0.2, -0.15) is 0 Å². The first-order valence-electron chi connectivity index (χ1n) is 7.61. The molecule has 9 nitrogen and oxygen atoms in total. The summed E-state index contributed by atoms with van der Waals surface area (Å²) in [5, 5.41) is 2.24. The summed E-state index contributed by atoms with van der Waals surface area (Å²) < 4.78 is 35.7. The number of aryl methyl sites for hydroxylation is 2. The van der Waals surface area contributed by atoms with E-state index >= 15 is 0 Å². The second kappa shape index (κ2) is 9.30. The SMILES string of the molecule is COC(=O)CC(NC(=O)CNS(=O)(=O)c1ccc(C)cc1C)C(=O)OC. The molecule has 0 saturated heterocycles. The number of carbonyl (C=O) groups excluding carboxylic acids is 3. The van der Waals surface area contributed by atoms with E-state index in [4.69, 9.17) is 0 Å². The Hall–Kier alpha value is -2.46. The highest BCUT2D eigenvalue weighted by Crippen LogP contribution is 2.15. The molecule has 0 spiro atoms. The van der Waals surface area contributed by atoms with Gasteiger partial charge in [-0.25, -0.2) is 17.9 Å². The van der Waals surface area contributed by atoms with Crippen molar-refractivity contribution in [2.45, 2.75) is 31.2 Å². The van der Waals surface area contributed by atoms with Crippen molar-refractivity contribution >= 4 is 27.9 Å². The molecule has 1 aromatic rings. The minimum absolute atomic E-state index is 0.0509. The zero-order valence-electron chi connectivity index (χ0n) is 15.0. The lowest BCUT2D eigenvalue weighted by Crippen LogP contribution is -2.47. The summed E-state index contributed by atoms with van der Waals surface area (Å²) in [6.45, 7) is 2.87. The number of hydrogen-bond donors (Lipinski definition) is 2. The third-order valence-corrected chi connectivity index (χ3v) is 5.02. The number of rotatable bonds is 8. The number of hydrogen-bond acceptors (Lipinski definition) is 7. The van der Waals surface area contributed by atoms with E-state index in [2.05, 4.69) is 19.5 Å². The average Bonchev–Trinajstić information content (AvgIpc) is 2.58. The lowest BCUT2D eigenvalue weighted by Gasteiger charge is -2.16. The Labute approximate surface area is 152 Å². The predicted octanol–water partition coefficient (Wildman–Crippen LogP) is -0.197. The van der Waals surface area contributed by atoms with Crippen molar-refractivity contribution in [2.75, 3.05) is 20.8 Å². The number of methoxy groups -OCH3 is 2. The van der Waals surface area contributed by atoms with Gasteiger partial charge in [-0.05, 0) is 25.5 Å². The standard InChI is InChI=1S/C16H22N2O7S/c1-10-5-6-13(11(2)7-10)26(22,23)17-9-14(19)18-12(16(21)25-4)8-15(20)24-3/h5-7,12,17H,8-9H2,1-4H3,(H,18,19). The Morgan fingerprint density at radius 3 is 2.31 bits per heavy atom. The summed E-state index contributed by atoms with van der Waals surface area (Å²) >= 11 is 0. The van der Waals surface area contributed by atoms with E-state index in [-0.39, 0.29) is 4.90 Å². The third kappa shape index (κ3) is 6.12. The van der Waals surface area contributed by atoms with Crippen molar-refractivity contribution < 1.29 is 32.3 Å². The van der Waals surface area contributed by atoms with Crippen LogP contribution in [0.25, 0.3) is 0 Å². The van der Waals surface area contributed by atoms with Gasteiger partial charge >= 0.3 is 11.9 Å². The fourth-order valence-corrected chi connectivity index (χ4v) is 3.38. The van der Waals surface area contributed by atoms with Gasteiger partial charge in [0, 0.05) is 0 Å². The quantitative estimate of drug-likeness (QED) is 0.592. The first-order valence-corrected chi connectivity index (χ1v) is 9.10. The zero-order valence-corrected chi connectivity index (χ0v) is 15.8. The number of sulfonamides is 1. The third-order valence-electron chi connectivity index (χ3n) is 3.46. The second-order valence-corrected chi connectivity index (χ2v) is 7.25. The fourth-order valence-electron chi connectivity index (χ4n) is 2.17. The van der Waals surface area contributed by atoms with Gasteiger partial charge in [-0.3, -0.25) is 9.59 Å². The van der Waals surface area contributed by atoms with Crippen molar-refractivity contribution in [3.63, 3.8) is 0 Å². The van der Waals surface area contributed by atoms with Crippen LogP contribution in [-0.2, 0) is 33.9 Å². The van der Waals surface area contributed by atoms with Gasteiger partial charge in [-0.1, -0.05) is 17.7 Å². The van der Waals surface area contributed by atoms with E-state index in [1.807, 2.05) is 6.92 Å². The maximum atomic E-state index is 12.3. The van der Waals surface area contributed by atoms with Crippen LogP contribution in [0.4, 0.5) is 0 Å². The van der Waals surface area contributed by atoms with Gasteiger partial charge in [0.15, 0.2) is 0 Å². The van der Waals surface area contributed by atoms with E-state index in [0.29, 0.717) is 5.56 Å². The van der Waals surface area contributed by atoms with Crippen molar-refractivity contribution in [3.05, 3.63) is 29.3 Å². The Kier molecular flexibility index (Phi) is 7.72. The molecule has 10 heteroatoms. The Balaban J connectivity index is 2.76. The summed E-state index contributed by atoms with van der Waals surface area (Å²) in [7, 11) is -1.68. The van der Waals surface area contributed by atoms with E-state index in [1.165, 1.54) is 6.07 Å². The van der Waals surface area contributed by atoms with Crippen molar-refractivity contribution in [3.8, 4) is 0 Å². The first-order chi connectivity index (χ1) is 12.1. The van der Waals surface area contributed by atoms with Crippen molar-refractivity contribution in [2.24, 2.45) is 0 Å². The average molecular weight is 386 g/mol. The zero-order chi connectivity index (χ0) is 19.9. The molecule has 0 aliphatic rings. The summed E-state index contributed by atoms with van der Waals surface area (Å²) in [5.41, 5.74) is 1.44. The molecule has 0 bridgehead atoms. The number of benzene rings is 1. The smallest absolute Gasteiger partial charge is 0.328 e. The highest BCUT2D eigenvalue weighted by atomic mass is 32.2. The Morgan fingerprint density at radius 1 is 1.12 bits per heavy atom. The molecule has 1 atom stereocenters. The summed E-state index contributed by atoms with van der Waals surface area (Å²) in [6.07, 6.45) is -0.432. The first kappa shape index (κ1) is 21.6. The molecule has 1 aromatic carbocycles. The van der Waals surface area contributed by atoms with Gasteiger partial charge in [-0.15, -0.1) is 0 Å². The van der Waals surface area contributed by atoms with Crippen LogP contribution in [0.15, 0.2) is 23.1 Å². The molecular weight excluding hydrogens is 364 g/mol. The number of esters is 2. The van der Waals surface area contributed by atoms with E-state index in [1.54, 1.807) is 19.1 Å². The predicted molar refractivity (Wildman–Crippen MR) is 91.7 cm³/mol. The highest BCUT2D eigenvalue weighted by Gasteiger charge is 2.26. The molecule has 0 aliphatic carbocycles. The number of amides is 1. The number of carbonyl (C=O) groups is 3. The maximum absolute atomic E-state index is 12.3. The molecule has 0 aromatic heterocycles. The van der Waals surface area contributed by atoms with Crippen LogP contribution in [-0.4, -0.2) is 53.1 Å². The highest BCUT2D eigenvalue weighted by molar-refractivity contribution is 7.89. The molecule has 1 unspecified atom stereocenters. The van der Waals surface area contributed by atoms with Crippen LogP contribution in [0.3, 0.4) is 0 Å². The molecular formula is C16H22N2O7S. The molecule has 1 amide bonds. The molecule has 0 heterocycles. The molecule has 0 fully saturated rings. The van der Waals surface area contributed by atoms with Gasteiger partial charge in [0.2, 0.25) is 15.9 Å². The van der Waals surface area contributed by atoms with Crippen LogP contribution >= 0.6 is 0 Å². The van der Waals surface area contributed by atoms with Gasteiger partial charge in [0.1, 0.15) is 6.04 Å². The summed E-state index contributed by atoms with van der Waals surface area (Å²) in [4.78, 5) is 34.9. The van der Waals surface area contributed by atoms with Gasteiger partial charge in [0.25, 0.3) is 0 Å². The minimum Gasteiger partial charge on any atom is -0.469 e. The van der Waals surface area contributed by atoms with Gasteiger partial charge < -0.3 is 14.8 Å². The minimum atomic E-state index is -3.91. The number of nitrogens with one attached hydrogen (secondary N) is 2. The molecule has 2 N–H and O–H groups in total. The van der Waals surface area contributed by atoms with Crippen LogP contribution < -0.4 is 10.0 Å². The molecule has 0 aliphatic heterocycles. The molecule has 144 valence electrons. The second-order valence-electron chi connectivity index (χ2n) is 5.52. The summed E-state index contributed by atoms with van der Waals surface area (Å²) in [6, 6.07) is 3.52. The molecule has 0 saturated carbocycles. The Morgan fingerprint density at radius 2 is 1.77 bits per heavy atom. The van der Waals surface area contributed by atoms with Crippen LogP contribution in [0, 0.1) is 13.8 Å². The Bertz CT molecular complexity index is 790. The topological polar surface area (TPSA) is 128 Å². The van der Waals surface area contributed by atoms with Gasteiger partial charge in [0.05, 0.1) is 32.1 Å². The van der Waals surface area contributed by atoms with Crippen LogP contribution in [0.2, 0.25) is 0 Å². The fraction of sp³-hybridized carbons (Fsp3) is 0.438. The van der Waals surface area contributed by atoms with Crippen LogP contribution in [0.1, 0.15) is 17.5 Å². The number of ether oxygens (including phenoxy) is 2. The van der Waals surface area contributed by atoms with Crippen LogP contribution in [0.5, 0.6) is 0 Å². The largest absolute Gasteiger partial charge is 0.469 e. The monoisotopic (exact) mass is 386 g/mol. The summed E-state index contributed by atoms with van der Waals surface area (Å²) in [5.74, 6) is -2.37. The molecule has 26 heavy (non-hydrogen) atoms. The molecule has 0 radical (unpaired) electrons. The van der Waals surface area contributed by atoms with E-state index < -0.39 is 46.9 Å².